The first-order valence-corrected chi connectivity index (χ1v) is 8.16. The molecule has 1 fully saturated rings. The minimum Gasteiger partial charge on any atom is -0.290 e. The van der Waals surface area contributed by atoms with Crippen LogP contribution in [-0.2, 0) is 0 Å². The summed E-state index contributed by atoms with van der Waals surface area (Å²) in [4.78, 5) is 0. The van der Waals surface area contributed by atoms with Gasteiger partial charge < -0.3 is 0 Å². The molecule has 0 radical (unpaired) electrons. The highest BCUT2D eigenvalue weighted by molar-refractivity contribution is 5.19. The fourth-order valence-corrected chi connectivity index (χ4v) is 3.86. The molecule has 3 aliphatic rings. The lowest BCUT2D eigenvalue weighted by Crippen LogP contribution is -2.53. The van der Waals surface area contributed by atoms with Crippen molar-refractivity contribution in [3.8, 4) is 0 Å². The first-order chi connectivity index (χ1) is 9.09. The molecule has 0 spiro atoms. The molecule has 0 bridgehead atoms. The van der Waals surface area contributed by atoms with Crippen LogP contribution in [0.25, 0.3) is 0 Å². The lowest BCUT2D eigenvalue weighted by atomic mass is 10.1. The minimum atomic E-state index is 0.198. The standard InChI is InChI=1S/C16H29N3/c1-16(2,3)19-15-11-7-4-6-10-14(15)17-12-8-5-9-13-18(17)19/h4-13H2,1-3H3. The molecule has 3 heteroatoms. The molecule has 0 atom stereocenters. The van der Waals surface area contributed by atoms with Crippen LogP contribution in [0.4, 0.5) is 0 Å². The van der Waals surface area contributed by atoms with Crippen LogP contribution in [0.15, 0.2) is 11.4 Å². The Morgan fingerprint density at radius 2 is 1.37 bits per heavy atom. The summed E-state index contributed by atoms with van der Waals surface area (Å²) in [7, 11) is 0. The highest BCUT2D eigenvalue weighted by Crippen LogP contribution is 2.41. The monoisotopic (exact) mass is 263 g/mol. The SMILES string of the molecule is CC(C)(C)N1C2=C(CCCCC2)N2CCCCCN21. The number of hydrogen-bond donors (Lipinski definition) is 0. The molecule has 0 unspecified atom stereocenters. The Hall–Kier alpha value is -0.700. The molecule has 0 aromatic heterocycles. The Labute approximate surface area is 118 Å². The molecule has 3 rings (SSSR count). The Kier molecular flexibility index (Phi) is 3.50. The molecule has 0 aromatic rings. The van der Waals surface area contributed by atoms with Gasteiger partial charge in [0.25, 0.3) is 0 Å². The highest BCUT2D eigenvalue weighted by Gasteiger charge is 2.41. The van der Waals surface area contributed by atoms with Gasteiger partial charge in [0, 0.05) is 18.6 Å². The zero-order chi connectivity index (χ0) is 13.5. The van der Waals surface area contributed by atoms with Gasteiger partial charge in [-0.05, 0) is 59.3 Å². The number of allylic oxidation sites excluding steroid dienone is 2. The number of rotatable bonds is 0. The van der Waals surface area contributed by atoms with E-state index in [1.165, 1.54) is 64.5 Å². The molecule has 2 aliphatic heterocycles. The topological polar surface area (TPSA) is 9.72 Å². The molecule has 0 amide bonds. The van der Waals surface area contributed by atoms with Crippen molar-refractivity contribution in [1.29, 1.82) is 0 Å². The van der Waals surface area contributed by atoms with Crippen LogP contribution < -0.4 is 0 Å². The number of hydrogen-bond acceptors (Lipinski definition) is 3. The van der Waals surface area contributed by atoms with E-state index in [2.05, 4.69) is 35.9 Å². The van der Waals surface area contributed by atoms with E-state index in [0.717, 1.165) is 0 Å². The fourth-order valence-electron chi connectivity index (χ4n) is 3.86. The zero-order valence-electron chi connectivity index (χ0n) is 12.9. The van der Waals surface area contributed by atoms with Gasteiger partial charge in [-0.2, -0.15) is 0 Å². The van der Waals surface area contributed by atoms with E-state index in [0.29, 0.717) is 0 Å². The summed E-state index contributed by atoms with van der Waals surface area (Å²) in [6, 6.07) is 0. The molecule has 0 saturated carbocycles. The van der Waals surface area contributed by atoms with Crippen LogP contribution in [0.1, 0.15) is 72.1 Å². The highest BCUT2D eigenvalue weighted by atomic mass is 15.9. The number of nitrogens with zero attached hydrogens (tertiary/aromatic N) is 3. The first kappa shape index (κ1) is 13.3. The van der Waals surface area contributed by atoms with E-state index < -0.39 is 0 Å². The second-order valence-corrected chi connectivity index (χ2v) is 7.22. The lowest BCUT2D eigenvalue weighted by Gasteiger charge is -2.44. The Balaban J connectivity index is 1.97. The smallest absolute Gasteiger partial charge is 0.0526 e. The van der Waals surface area contributed by atoms with Crippen molar-refractivity contribution in [2.75, 3.05) is 13.1 Å². The van der Waals surface area contributed by atoms with Crippen LogP contribution in [0.5, 0.6) is 0 Å². The molecular weight excluding hydrogens is 234 g/mol. The molecule has 1 saturated heterocycles. The van der Waals surface area contributed by atoms with Gasteiger partial charge >= 0.3 is 0 Å². The molecule has 2 heterocycles. The summed E-state index contributed by atoms with van der Waals surface area (Å²) >= 11 is 0. The third-order valence-corrected chi connectivity index (χ3v) is 4.60. The van der Waals surface area contributed by atoms with Gasteiger partial charge in [-0.25, -0.2) is 0 Å². The lowest BCUT2D eigenvalue weighted by molar-refractivity contribution is -0.155. The second-order valence-electron chi connectivity index (χ2n) is 7.22. The molecule has 0 N–H and O–H groups in total. The van der Waals surface area contributed by atoms with Crippen LogP contribution in [0.2, 0.25) is 0 Å². The molecule has 1 aliphatic carbocycles. The molecule has 108 valence electrons. The summed E-state index contributed by atoms with van der Waals surface area (Å²) in [6.45, 7) is 9.50. The van der Waals surface area contributed by atoms with E-state index in [-0.39, 0.29) is 5.54 Å². The number of hydrazine groups is 2. The Morgan fingerprint density at radius 3 is 2.11 bits per heavy atom. The van der Waals surface area contributed by atoms with Crippen LogP contribution in [-0.4, -0.2) is 33.8 Å². The summed E-state index contributed by atoms with van der Waals surface area (Å²) in [5.41, 5.74) is 3.48. The van der Waals surface area contributed by atoms with Gasteiger partial charge in [0.15, 0.2) is 0 Å². The molecule has 3 nitrogen and oxygen atoms in total. The van der Waals surface area contributed by atoms with E-state index in [1.54, 1.807) is 11.4 Å². The van der Waals surface area contributed by atoms with Crippen LogP contribution in [0.3, 0.4) is 0 Å². The third kappa shape index (κ3) is 2.37. The van der Waals surface area contributed by atoms with Gasteiger partial charge in [0.2, 0.25) is 0 Å². The quantitative estimate of drug-likeness (QED) is 0.656. The molecule has 0 aromatic carbocycles. The van der Waals surface area contributed by atoms with Crippen molar-refractivity contribution < 1.29 is 0 Å². The Bertz CT molecular complexity index is 367. The summed E-state index contributed by atoms with van der Waals surface area (Å²) in [5, 5.41) is 7.82. The van der Waals surface area contributed by atoms with E-state index in [4.69, 9.17) is 0 Å². The summed E-state index contributed by atoms with van der Waals surface area (Å²) in [6.07, 6.45) is 10.8. The van der Waals surface area contributed by atoms with Gasteiger partial charge in [-0.15, -0.1) is 5.12 Å². The van der Waals surface area contributed by atoms with Gasteiger partial charge in [-0.3, -0.25) is 10.0 Å². The van der Waals surface area contributed by atoms with E-state index in [9.17, 15) is 0 Å². The van der Waals surface area contributed by atoms with E-state index in [1.807, 2.05) is 0 Å². The Morgan fingerprint density at radius 1 is 0.737 bits per heavy atom. The second kappa shape index (κ2) is 5.01. The summed E-state index contributed by atoms with van der Waals surface area (Å²) in [5.74, 6) is 0. The van der Waals surface area contributed by atoms with Crippen LogP contribution >= 0.6 is 0 Å². The maximum atomic E-state index is 2.62. The first-order valence-electron chi connectivity index (χ1n) is 8.16. The third-order valence-electron chi connectivity index (χ3n) is 4.60. The minimum absolute atomic E-state index is 0.198. The van der Waals surface area contributed by atoms with Crippen molar-refractivity contribution in [1.82, 2.24) is 15.1 Å². The average molecular weight is 263 g/mol. The normalized spacial score (nSPS) is 26.1. The molecular formula is C16H29N3. The van der Waals surface area contributed by atoms with Gasteiger partial charge in [0.05, 0.1) is 11.4 Å². The predicted molar refractivity (Wildman–Crippen MR) is 79.0 cm³/mol. The van der Waals surface area contributed by atoms with Gasteiger partial charge in [0.1, 0.15) is 0 Å². The van der Waals surface area contributed by atoms with Gasteiger partial charge in [-0.1, -0.05) is 12.8 Å². The largest absolute Gasteiger partial charge is 0.290 e. The van der Waals surface area contributed by atoms with E-state index >= 15 is 0 Å². The maximum Gasteiger partial charge on any atom is 0.0526 e. The fraction of sp³-hybridized carbons (Fsp3) is 0.875. The molecule has 19 heavy (non-hydrogen) atoms. The zero-order valence-corrected chi connectivity index (χ0v) is 12.9. The van der Waals surface area contributed by atoms with Crippen molar-refractivity contribution >= 4 is 0 Å². The summed E-state index contributed by atoms with van der Waals surface area (Å²) < 4.78 is 0. The van der Waals surface area contributed by atoms with Crippen molar-refractivity contribution in [2.45, 2.75) is 77.7 Å². The maximum absolute atomic E-state index is 2.62. The van der Waals surface area contributed by atoms with Crippen molar-refractivity contribution in [3.63, 3.8) is 0 Å². The van der Waals surface area contributed by atoms with Crippen molar-refractivity contribution in [3.05, 3.63) is 11.4 Å². The predicted octanol–water partition coefficient (Wildman–Crippen LogP) is 3.89. The van der Waals surface area contributed by atoms with Crippen LogP contribution in [0, 0.1) is 0 Å². The average Bonchev–Trinajstić information content (AvgIpc) is 2.57. The van der Waals surface area contributed by atoms with Crippen molar-refractivity contribution in [2.24, 2.45) is 0 Å². The number of fused-ring (bicyclic) bond motifs is 2.